The lowest BCUT2D eigenvalue weighted by Gasteiger charge is -2.14. The summed E-state index contributed by atoms with van der Waals surface area (Å²) in [6, 6.07) is 11.2. The van der Waals surface area contributed by atoms with Gasteiger partial charge in [0.25, 0.3) is 0 Å². The van der Waals surface area contributed by atoms with Crippen molar-refractivity contribution in [1.29, 1.82) is 0 Å². The van der Waals surface area contributed by atoms with Crippen LogP contribution in [0.15, 0.2) is 84.0 Å². The second-order valence-corrected chi connectivity index (χ2v) is 8.29. The molecule has 2 N–H and O–H groups in total. The number of carbonyl (C=O) groups excluding carboxylic acids is 1. The zero-order chi connectivity index (χ0) is 26.1. The number of fused-ring (bicyclic) bond motifs is 1. The summed E-state index contributed by atoms with van der Waals surface area (Å²) < 4.78 is 6.16. The number of amides is 2. The number of benzene rings is 2. The average Bonchev–Trinajstić information content (AvgIpc) is 2.84. The summed E-state index contributed by atoms with van der Waals surface area (Å²) in [4.78, 5) is 26.6. The highest BCUT2D eigenvalue weighted by Crippen LogP contribution is 2.29. The minimum absolute atomic E-state index is 0.207. The van der Waals surface area contributed by atoms with Gasteiger partial charge >= 0.3 is 6.03 Å². The van der Waals surface area contributed by atoms with Crippen molar-refractivity contribution < 1.29 is 9.53 Å². The maximum atomic E-state index is 12.1. The van der Waals surface area contributed by atoms with E-state index < -0.39 is 0 Å². The van der Waals surface area contributed by atoms with Crippen molar-refractivity contribution in [3.05, 3.63) is 84.6 Å². The van der Waals surface area contributed by atoms with Crippen LogP contribution in [0, 0.1) is 6.92 Å². The molecule has 0 radical (unpaired) electrons. The summed E-state index contributed by atoms with van der Waals surface area (Å²) >= 11 is 0. The molecule has 8 nitrogen and oxygen atoms in total. The Bertz CT molecular complexity index is 1360. The van der Waals surface area contributed by atoms with Gasteiger partial charge in [-0.15, -0.1) is 0 Å². The van der Waals surface area contributed by atoms with E-state index in [-0.39, 0.29) is 6.03 Å². The second-order valence-electron chi connectivity index (χ2n) is 8.29. The molecule has 0 spiro atoms. The first-order valence-electron chi connectivity index (χ1n) is 11.6. The van der Waals surface area contributed by atoms with Crippen molar-refractivity contribution in [2.45, 2.75) is 27.7 Å². The highest BCUT2D eigenvalue weighted by atomic mass is 16.5. The fourth-order valence-electron chi connectivity index (χ4n) is 3.29. The van der Waals surface area contributed by atoms with Crippen LogP contribution in [0.3, 0.4) is 0 Å². The quantitative estimate of drug-likeness (QED) is 0.213. The number of allylic oxidation sites excluding steroid dienone is 4. The van der Waals surface area contributed by atoms with Crippen LogP contribution in [0.1, 0.15) is 26.3 Å². The van der Waals surface area contributed by atoms with Crippen molar-refractivity contribution in [1.82, 2.24) is 14.9 Å². The largest absolute Gasteiger partial charge is 0.457 e. The maximum Gasteiger partial charge on any atom is 0.321 e. The Morgan fingerprint density at radius 2 is 1.83 bits per heavy atom. The standard InChI is InChI=1S/C28H32N6O2/c1-7-9-23(16-20(4)29-14-8-2)36-26-13-11-21(15-19(26)3)32-27-24-17-22(33-28(35)34(5)6)10-12-25(24)30-18-31-27/h7-18H,1-6H3,(H,33,35)(H,30,31,32)/b9-7-,14-8-,23-16+,29-20+. The molecule has 2 amide bonds. The summed E-state index contributed by atoms with van der Waals surface area (Å²) in [7, 11) is 3.38. The summed E-state index contributed by atoms with van der Waals surface area (Å²) in [5.41, 5.74) is 4.08. The van der Waals surface area contributed by atoms with Crippen LogP contribution in [0.4, 0.5) is 22.0 Å². The van der Waals surface area contributed by atoms with Crippen LogP contribution < -0.4 is 15.4 Å². The Morgan fingerprint density at radius 3 is 2.53 bits per heavy atom. The van der Waals surface area contributed by atoms with Gasteiger partial charge in [0, 0.05) is 48.8 Å². The van der Waals surface area contributed by atoms with E-state index in [2.05, 4.69) is 25.6 Å². The molecule has 0 fully saturated rings. The molecule has 3 rings (SSSR count). The molecule has 3 aromatic rings. The monoisotopic (exact) mass is 484 g/mol. The molecule has 1 heterocycles. The third kappa shape index (κ3) is 7.02. The molecular weight excluding hydrogens is 452 g/mol. The van der Waals surface area contributed by atoms with Gasteiger partial charge in [0.05, 0.1) is 5.52 Å². The molecule has 186 valence electrons. The van der Waals surface area contributed by atoms with Crippen molar-refractivity contribution in [3.63, 3.8) is 0 Å². The zero-order valence-corrected chi connectivity index (χ0v) is 21.5. The first-order valence-corrected chi connectivity index (χ1v) is 11.6. The Balaban J connectivity index is 1.85. The van der Waals surface area contributed by atoms with Crippen molar-refractivity contribution in [2.75, 3.05) is 24.7 Å². The fraction of sp³-hybridized carbons (Fsp3) is 0.214. The first kappa shape index (κ1) is 26.2. The van der Waals surface area contributed by atoms with Gasteiger partial charge in [-0.25, -0.2) is 14.8 Å². The number of aliphatic imine (C=N–C) groups is 1. The van der Waals surface area contributed by atoms with E-state index in [0.717, 1.165) is 33.6 Å². The van der Waals surface area contributed by atoms with Gasteiger partial charge in [-0.2, -0.15) is 0 Å². The number of nitrogens with one attached hydrogen (secondary N) is 2. The number of hydrogen-bond acceptors (Lipinski definition) is 6. The number of carbonyl (C=O) groups is 1. The Kier molecular flexibility index (Phi) is 8.94. The minimum atomic E-state index is -0.207. The molecule has 0 saturated heterocycles. The summed E-state index contributed by atoms with van der Waals surface area (Å²) in [6.07, 6.45) is 10.9. The molecule has 0 bridgehead atoms. The van der Waals surface area contributed by atoms with E-state index >= 15 is 0 Å². The normalized spacial score (nSPS) is 12.4. The van der Waals surface area contributed by atoms with Gasteiger partial charge in [-0.1, -0.05) is 12.2 Å². The van der Waals surface area contributed by atoms with Crippen LogP contribution in [0.25, 0.3) is 10.9 Å². The van der Waals surface area contributed by atoms with Crippen LogP contribution in [0.5, 0.6) is 5.75 Å². The summed E-state index contributed by atoms with van der Waals surface area (Å²) in [5.74, 6) is 2.07. The van der Waals surface area contributed by atoms with E-state index in [0.29, 0.717) is 17.3 Å². The molecular formula is C28H32N6O2. The van der Waals surface area contributed by atoms with E-state index in [1.807, 2.05) is 88.4 Å². The zero-order valence-electron chi connectivity index (χ0n) is 21.5. The predicted molar refractivity (Wildman–Crippen MR) is 148 cm³/mol. The lowest BCUT2D eigenvalue weighted by molar-refractivity contribution is 0.230. The first-order chi connectivity index (χ1) is 17.3. The van der Waals surface area contributed by atoms with Gasteiger partial charge in [-0.3, -0.25) is 4.99 Å². The van der Waals surface area contributed by atoms with E-state index in [1.54, 1.807) is 20.3 Å². The Morgan fingerprint density at radius 1 is 1.06 bits per heavy atom. The second kappa shape index (κ2) is 12.3. The van der Waals surface area contributed by atoms with Gasteiger partial charge in [0.1, 0.15) is 23.7 Å². The molecule has 0 aliphatic heterocycles. The van der Waals surface area contributed by atoms with Crippen LogP contribution in [-0.2, 0) is 0 Å². The molecule has 0 unspecified atom stereocenters. The molecule has 0 atom stereocenters. The molecule has 0 aliphatic carbocycles. The highest BCUT2D eigenvalue weighted by molar-refractivity contribution is 5.97. The number of nitrogens with zero attached hydrogens (tertiary/aromatic N) is 4. The van der Waals surface area contributed by atoms with E-state index in [4.69, 9.17) is 4.74 Å². The molecule has 0 aliphatic rings. The van der Waals surface area contributed by atoms with Gasteiger partial charge in [0.15, 0.2) is 0 Å². The number of anilines is 3. The third-order valence-corrected chi connectivity index (χ3v) is 5.07. The van der Waals surface area contributed by atoms with Gasteiger partial charge in [-0.05, 0) is 75.7 Å². The summed E-state index contributed by atoms with van der Waals surface area (Å²) in [5, 5.41) is 7.02. The molecule has 36 heavy (non-hydrogen) atoms. The number of aromatic nitrogens is 2. The number of hydrogen-bond donors (Lipinski definition) is 2. The molecule has 8 heteroatoms. The fourth-order valence-corrected chi connectivity index (χ4v) is 3.29. The lowest BCUT2D eigenvalue weighted by Crippen LogP contribution is -2.27. The van der Waals surface area contributed by atoms with Crippen LogP contribution >= 0.6 is 0 Å². The smallest absolute Gasteiger partial charge is 0.321 e. The van der Waals surface area contributed by atoms with Gasteiger partial charge < -0.3 is 20.3 Å². The maximum absolute atomic E-state index is 12.1. The topological polar surface area (TPSA) is 91.7 Å². The van der Waals surface area contributed by atoms with E-state index in [9.17, 15) is 4.79 Å². The number of urea groups is 1. The average molecular weight is 485 g/mol. The lowest BCUT2D eigenvalue weighted by atomic mass is 10.1. The van der Waals surface area contributed by atoms with Gasteiger partial charge in [0.2, 0.25) is 0 Å². The predicted octanol–water partition coefficient (Wildman–Crippen LogP) is 6.61. The van der Waals surface area contributed by atoms with Crippen LogP contribution in [0.2, 0.25) is 0 Å². The van der Waals surface area contributed by atoms with Crippen molar-refractivity contribution in [3.8, 4) is 5.75 Å². The third-order valence-electron chi connectivity index (χ3n) is 5.07. The van der Waals surface area contributed by atoms with Crippen molar-refractivity contribution >= 4 is 39.8 Å². The SMILES string of the molecule is C\C=C/N=C(C)/C=C(\C=C/C)Oc1ccc(Nc2ncnc3ccc(NC(=O)N(C)C)cc23)cc1C. The Hall–Kier alpha value is -4.46. The molecule has 2 aromatic carbocycles. The van der Waals surface area contributed by atoms with Crippen LogP contribution in [-0.4, -0.2) is 40.7 Å². The molecule has 0 saturated carbocycles. The van der Waals surface area contributed by atoms with Crippen molar-refractivity contribution in [2.24, 2.45) is 4.99 Å². The van der Waals surface area contributed by atoms with E-state index in [1.165, 1.54) is 11.2 Å². The number of aryl methyl sites for hydroxylation is 1. The number of ether oxygens (including phenoxy) is 1. The summed E-state index contributed by atoms with van der Waals surface area (Å²) in [6.45, 7) is 7.78. The number of rotatable bonds is 8. The minimum Gasteiger partial charge on any atom is -0.457 e. The Labute approximate surface area is 212 Å². The highest BCUT2D eigenvalue weighted by Gasteiger charge is 2.10. The molecule has 1 aromatic heterocycles.